The van der Waals surface area contributed by atoms with E-state index in [1.807, 2.05) is 40.2 Å². The lowest BCUT2D eigenvalue weighted by atomic mass is 10.2. The molecule has 0 fully saturated rings. The van der Waals surface area contributed by atoms with E-state index in [2.05, 4.69) is 37.6 Å². The van der Waals surface area contributed by atoms with Crippen molar-refractivity contribution in [1.82, 2.24) is 25.3 Å². The first-order valence-corrected chi connectivity index (χ1v) is 7.11. The fourth-order valence-corrected chi connectivity index (χ4v) is 2.07. The van der Waals surface area contributed by atoms with Gasteiger partial charge < -0.3 is 15.7 Å². The molecule has 112 valence electrons. The standard InChI is InChI=1S/C12H20N6.C2H6/c1-9(6-13-2)7-18(3)17-12-10-4-5-14-11(10)15-8-16-12;1-2/h4-5,8-9,13H,6-7H2,1-3H3,(H2,14,15,16,17);1-2H3. The van der Waals surface area contributed by atoms with E-state index >= 15 is 0 Å². The van der Waals surface area contributed by atoms with Crippen molar-refractivity contribution in [2.45, 2.75) is 20.8 Å². The van der Waals surface area contributed by atoms with Crippen LogP contribution in [0.2, 0.25) is 0 Å². The van der Waals surface area contributed by atoms with Gasteiger partial charge >= 0.3 is 0 Å². The molecule has 2 aromatic heterocycles. The molecule has 0 aromatic carbocycles. The third-order valence-corrected chi connectivity index (χ3v) is 2.79. The Balaban J connectivity index is 0.000000956. The van der Waals surface area contributed by atoms with E-state index in [1.165, 1.54) is 0 Å². The Morgan fingerprint density at radius 2 is 2.10 bits per heavy atom. The molecule has 0 bridgehead atoms. The van der Waals surface area contributed by atoms with E-state index in [1.54, 1.807) is 6.33 Å². The van der Waals surface area contributed by atoms with Gasteiger partial charge in [0.05, 0.1) is 5.39 Å². The van der Waals surface area contributed by atoms with E-state index in [0.29, 0.717) is 5.92 Å². The van der Waals surface area contributed by atoms with Gasteiger partial charge in [-0.25, -0.2) is 15.0 Å². The molecule has 0 spiro atoms. The molecule has 0 radical (unpaired) electrons. The van der Waals surface area contributed by atoms with Crippen LogP contribution in [0.1, 0.15) is 20.8 Å². The quantitative estimate of drug-likeness (QED) is 0.706. The normalized spacial score (nSPS) is 12.1. The molecular weight excluding hydrogens is 252 g/mol. The lowest BCUT2D eigenvalue weighted by Gasteiger charge is -2.22. The number of anilines is 1. The summed E-state index contributed by atoms with van der Waals surface area (Å²) in [5.41, 5.74) is 4.15. The SMILES string of the molecule is CC.CNCC(C)CN(C)Nc1ncnc2[nH]ccc12. The highest BCUT2D eigenvalue weighted by molar-refractivity contribution is 5.86. The van der Waals surface area contributed by atoms with Crippen molar-refractivity contribution < 1.29 is 0 Å². The van der Waals surface area contributed by atoms with Crippen molar-refractivity contribution in [3.05, 3.63) is 18.6 Å². The average Bonchev–Trinajstić information content (AvgIpc) is 2.90. The highest BCUT2D eigenvalue weighted by atomic mass is 15.5. The van der Waals surface area contributed by atoms with Gasteiger partial charge in [0, 0.05) is 19.8 Å². The van der Waals surface area contributed by atoms with Crippen LogP contribution in [-0.4, -0.2) is 47.1 Å². The number of nitrogens with zero attached hydrogens (tertiary/aromatic N) is 3. The van der Waals surface area contributed by atoms with Crippen molar-refractivity contribution in [3.63, 3.8) is 0 Å². The highest BCUT2D eigenvalue weighted by Crippen LogP contribution is 2.17. The van der Waals surface area contributed by atoms with Crippen LogP contribution in [0.15, 0.2) is 18.6 Å². The van der Waals surface area contributed by atoms with E-state index < -0.39 is 0 Å². The third-order valence-electron chi connectivity index (χ3n) is 2.79. The maximum absolute atomic E-state index is 4.27. The maximum atomic E-state index is 4.27. The monoisotopic (exact) mass is 278 g/mol. The van der Waals surface area contributed by atoms with E-state index in [0.717, 1.165) is 29.9 Å². The predicted octanol–water partition coefficient (Wildman–Crippen LogP) is 2.10. The van der Waals surface area contributed by atoms with Gasteiger partial charge in [-0.1, -0.05) is 20.8 Å². The summed E-state index contributed by atoms with van der Waals surface area (Å²) in [7, 11) is 3.99. The van der Waals surface area contributed by atoms with Gasteiger partial charge in [-0.05, 0) is 25.6 Å². The van der Waals surface area contributed by atoms with Gasteiger partial charge in [0.2, 0.25) is 0 Å². The third kappa shape index (κ3) is 4.47. The van der Waals surface area contributed by atoms with E-state index in [9.17, 15) is 0 Å². The first-order valence-electron chi connectivity index (χ1n) is 7.11. The maximum Gasteiger partial charge on any atom is 0.153 e. The van der Waals surface area contributed by atoms with Crippen molar-refractivity contribution in [2.75, 3.05) is 32.6 Å². The van der Waals surface area contributed by atoms with Crippen LogP contribution in [0, 0.1) is 5.92 Å². The van der Waals surface area contributed by atoms with Crippen LogP contribution in [0.5, 0.6) is 0 Å². The summed E-state index contributed by atoms with van der Waals surface area (Å²) in [4.78, 5) is 11.5. The lowest BCUT2D eigenvalue weighted by molar-refractivity contribution is 0.330. The second kappa shape index (κ2) is 8.50. The fourth-order valence-electron chi connectivity index (χ4n) is 2.07. The molecule has 6 nitrogen and oxygen atoms in total. The summed E-state index contributed by atoms with van der Waals surface area (Å²) in [5.74, 6) is 1.40. The summed E-state index contributed by atoms with van der Waals surface area (Å²) in [6.45, 7) is 8.15. The molecule has 2 aromatic rings. The molecule has 0 saturated carbocycles. The van der Waals surface area contributed by atoms with Crippen molar-refractivity contribution in [2.24, 2.45) is 5.92 Å². The Kier molecular flexibility index (Phi) is 6.97. The minimum atomic E-state index is 0.566. The molecule has 3 N–H and O–H groups in total. The van der Waals surface area contributed by atoms with E-state index in [4.69, 9.17) is 0 Å². The van der Waals surface area contributed by atoms with Crippen LogP contribution in [0.25, 0.3) is 11.0 Å². The van der Waals surface area contributed by atoms with Gasteiger partial charge in [0.15, 0.2) is 5.82 Å². The molecule has 0 aliphatic heterocycles. The van der Waals surface area contributed by atoms with Crippen molar-refractivity contribution in [1.29, 1.82) is 0 Å². The molecule has 1 unspecified atom stereocenters. The molecule has 0 aliphatic rings. The smallest absolute Gasteiger partial charge is 0.153 e. The number of aromatic nitrogens is 3. The molecule has 0 amide bonds. The van der Waals surface area contributed by atoms with Crippen LogP contribution in [-0.2, 0) is 0 Å². The number of hydrogen-bond acceptors (Lipinski definition) is 5. The summed E-state index contributed by atoms with van der Waals surface area (Å²) in [6.07, 6.45) is 3.43. The zero-order chi connectivity index (χ0) is 15.0. The Labute approximate surface area is 121 Å². The van der Waals surface area contributed by atoms with Gasteiger partial charge in [-0.3, -0.25) is 0 Å². The Morgan fingerprint density at radius 3 is 2.80 bits per heavy atom. The topological polar surface area (TPSA) is 68.9 Å². The van der Waals surface area contributed by atoms with Crippen LogP contribution in [0.3, 0.4) is 0 Å². The van der Waals surface area contributed by atoms with Crippen molar-refractivity contribution >= 4 is 16.9 Å². The molecule has 0 saturated heterocycles. The lowest BCUT2D eigenvalue weighted by Crippen LogP contribution is -2.33. The zero-order valence-electron chi connectivity index (χ0n) is 13.1. The molecule has 6 heteroatoms. The molecular formula is C14H26N6. The van der Waals surface area contributed by atoms with Gasteiger partial charge in [0.1, 0.15) is 12.0 Å². The molecule has 0 aliphatic carbocycles. The Hall–Kier alpha value is -1.66. The first kappa shape index (κ1) is 16.4. The zero-order valence-corrected chi connectivity index (χ0v) is 13.1. The molecule has 20 heavy (non-hydrogen) atoms. The molecule has 1 atom stereocenters. The minimum absolute atomic E-state index is 0.566. The first-order chi connectivity index (χ1) is 9.70. The average molecular weight is 278 g/mol. The number of rotatable bonds is 6. The van der Waals surface area contributed by atoms with Gasteiger partial charge in [0.25, 0.3) is 0 Å². The number of hydrogen-bond donors (Lipinski definition) is 3. The fraction of sp³-hybridized carbons (Fsp3) is 0.571. The second-order valence-corrected chi connectivity index (χ2v) is 4.62. The highest BCUT2D eigenvalue weighted by Gasteiger charge is 2.09. The Morgan fingerprint density at radius 1 is 1.35 bits per heavy atom. The number of fused-ring (bicyclic) bond motifs is 1. The number of nitrogens with one attached hydrogen (secondary N) is 3. The van der Waals surface area contributed by atoms with Crippen molar-refractivity contribution in [3.8, 4) is 0 Å². The van der Waals surface area contributed by atoms with Crippen LogP contribution >= 0.6 is 0 Å². The van der Waals surface area contributed by atoms with Gasteiger partial charge in [-0.15, -0.1) is 0 Å². The number of aromatic amines is 1. The summed E-state index contributed by atoms with van der Waals surface area (Å²) < 4.78 is 0. The summed E-state index contributed by atoms with van der Waals surface area (Å²) >= 11 is 0. The minimum Gasteiger partial charge on any atom is -0.346 e. The second-order valence-electron chi connectivity index (χ2n) is 4.62. The Bertz CT molecular complexity index is 495. The number of H-pyrrole nitrogens is 1. The summed E-state index contributed by atoms with van der Waals surface area (Å²) in [6, 6.07) is 1.97. The largest absolute Gasteiger partial charge is 0.346 e. The molecule has 2 rings (SSSR count). The van der Waals surface area contributed by atoms with Crippen LogP contribution < -0.4 is 10.7 Å². The summed E-state index contributed by atoms with van der Waals surface area (Å²) in [5, 5.41) is 6.23. The number of hydrazine groups is 1. The van der Waals surface area contributed by atoms with Gasteiger partial charge in [-0.2, -0.15) is 0 Å². The van der Waals surface area contributed by atoms with E-state index in [-0.39, 0.29) is 0 Å². The van der Waals surface area contributed by atoms with Crippen LogP contribution in [0.4, 0.5) is 5.82 Å². The molecule has 2 heterocycles. The predicted molar refractivity (Wildman–Crippen MR) is 84.6 cm³/mol.